The molecule has 1 unspecified atom stereocenters. The SMILES string of the molecule is CNC(=O)c1ccc(CN(C)S(=O)(=O)c2ccc3c(c2)CC(C)N3C(C)=O)cc1. The van der Waals surface area contributed by atoms with Crippen molar-refractivity contribution in [2.24, 2.45) is 0 Å². The van der Waals surface area contributed by atoms with Crippen LogP contribution in [0.3, 0.4) is 0 Å². The van der Waals surface area contributed by atoms with E-state index in [0.29, 0.717) is 12.0 Å². The van der Waals surface area contributed by atoms with Gasteiger partial charge < -0.3 is 10.2 Å². The number of fused-ring (bicyclic) bond motifs is 1. The number of carbonyl (C=O) groups excluding carboxylic acids is 2. The molecule has 1 aliphatic rings. The van der Waals surface area contributed by atoms with E-state index in [0.717, 1.165) is 16.8 Å². The van der Waals surface area contributed by atoms with E-state index in [1.807, 2.05) is 6.92 Å². The van der Waals surface area contributed by atoms with E-state index in [2.05, 4.69) is 5.32 Å². The van der Waals surface area contributed by atoms with Crippen molar-refractivity contribution in [2.75, 3.05) is 19.0 Å². The van der Waals surface area contributed by atoms with Crippen LogP contribution >= 0.6 is 0 Å². The first-order chi connectivity index (χ1) is 13.6. The van der Waals surface area contributed by atoms with Crippen molar-refractivity contribution >= 4 is 27.5 Å². The van der Waals surface area contributed by atoms with Gasteiger partial charge in [0, 0.05) is 44.9 Å². The smallest absolute Gasteiger partial charge is 0.251 e. The molecular formula is C21H25N3O4S. The summed E-state index contributed by atoms with van der Waals surface area (Å²) in [7, 11) is -0.608. The van der Waals surface area contributed by atoms with Gasteiger partial charge in [0.05, 0.1) is 4.90 Å². The Morgan fingerprint density at radius 3 is 2.41 bits per heavy atom. The van der Waals surface area contributed by atoms with Crippen LogP contribution in [0.25, 0.3) is 0 Å². The highest BCUT2D eigenvalue weighted by molar-refractivity contribution is 7.89. The minimum absolute atomic E-state index is 0.0111. The molecule has 0 saturated heterocycles. The zero-order valence-corrected chi connectivity index (χ0v) is 17.8. The summed E-state index contributed by atoms with van der Waals surface area (Å²) in [4.78, 5) is 25.4. The molecule has 2 aromatic rings. The van der Waals surface area contributed by atoms with Gasteiger partial charge in [-0.2, -0.15) is 4.31 Å². The van der Waals surface area contributed by atoms with Crippen molar-refractivity contribution in [1.29, 1.82) is 0 Å². The van der Waals surface area contributed by atoms with Gasteiger partial charge >= 0.3 is 0 Å². The van der Waals surface area contributed by atoms with Gasteiger partial charge in [0.25, 0.3) is 5.91 Å². The van der Waals surface area contributed by atoms with Crippen LogP contribution < -0.4 is 10.2 Å². The highest BCUT2D eigenvalue weighted by Crippen LogP contribution is 2.34. The van der Waals surface area contributed by atoms with E-state index in [4.69, 9.17) is 0 Å². The largest absolute Gasteiger partial charge is 0.355 e. The van der Waals surface area contributed by atoms with Gasteiger partial charge in [-0.1, -0.05) is 12.1 Å². The third kappa shape index (κ3) is 4.04. The summed E-state index contributed by atoms with van der Waals surface area (Å²) in [5, 5.41) is 2.55. The molecule has 0 aromatic heterocycles. The molecule has 2 amide bonds. The third-order valence-electron chi connectivity index (χ3n) is 5.16. The molecule has 29 heavy (non-hydrogen) atoms. The molecule has 0 bridgehead atoms. The van der Waals surface area contributed by atoms with Gasteiger partial charge in [0.15, 0.2) is 0 Å². The lowest BCUT2D eigenvalue weighted by molar-refractivity contribution is -0.116. The van der Waals surface area contributed by atoms with Gasteiger partial charge in [-0.15, -0.1) is 0 Å². The molecule has 0 fully saturated rings. The van der Waals surface area contributed by atoms with Crippen LogP contribution in [-0.4, -0.2) is 44.7 Å². The Hall–Kier alpha value is -2.71. The minimum atomic E-state index is -3.69. The van der Waals surface area contributed by atoms with Crippen molar-refractivity contribution in [2.45, 2.75) is 37.8 Å². The summed E-state index contributed by atoms with van der Waals surface area (Å²) in [5.41, 5.74) is 2.93. The van der Waals surface area contributed by atoms with Gasteiger partial charge in [-0.3, -0.25) is 9.59 Å². The van der Waals surface area contributed by atoms with E-state index in [1.54, 1.807) is 54.4 Å². The summed E-state index contributed by atoms with van der Waals surface area (Å²) < 4.78 is 27.4. The predicted octanol–water partition coefficient (Wildman–Crippen LogP) is 2.16. The fourth-order valence-corrected chi connectivity index (χ4v) is 4.89. The molecule has 0 radical (unpaired) electrons. The van der Waals surface area contributed by atoms with Crippen LogP contribution in [0.2, 0.25) is 0 Å². The first kappa shape index (κ1) is 21.0. The second kappa shape index (κ2) is 7.96. The normalized spacial score (nSPS) is 16.0. The molecule has 3 rings (SSSR count). The summed E-state index contributed by atoms with van der Waals surface area (Å²) in [6.45, 7) is 3.65. The molecule has 0 spiro atoms. The molecule has 1 aliphatic heterocycles. The van der Waals surface area contributed by atoms with Crippen LogP contribution in [0.1, 0.15) is 35.3 Å². The molecule has 8 heteroatoms. The number of hydrogen-bond acceptors (Lipinski definition) is 4. The first-order valence-electron chi connectivity index (χ1n) is 9.35. The Morgan fingerprint density at radius 2 is 1.83 bits per heavy atom. The Labute approximate surface area is 171 Å². The number of hydrogen-bond donors (Lipinski definition) is 1. The van der Waals surface area contributed by atoms with Crippen molar-refractivity contribution < 1.29 is 18.0 Å². The number of amides is 2. The number of rotatable bonds is 5. The second-order valence-electron chi connectivity index (χ2n) is 7.27. The number of nitrogens with zero attached hydrogens (tertiary/aromatic N) is 2. The monoisotopic (exact) mass is 415 g/mol. The van der Waals surface area contributed by atoms with Gasteiger partial charge in [0.2, 0.25) is 15.9 Å². The Kier molecular flexibility index (Phi) is 5.77. The Balaban J connectivity index is 1.81. The molecule has 1 heterocycles. The van der Waals surface area contributed by atoms with Gasteiger partial charge in [-0.25, -0.2) is 8.42 Å². The van der Waals surface area contributed by atoms with Gasteiger partial charge in [-0.05, 0) is 54.8 Å². The quantitative estimate of drug-likeness (QED) is 0.811. The first-order valence-corrected chi connectivity index (χ1v) is 10.8. The van der Waals surface area contributed by atoms with Gasteiger partial charge in [0.1, 0.15) is 0 Å². The standard InChI is InChI=1S/C21H25N3O4S/c1-14-11-18-12-19(9-10-20(18)24(14)15(2)25)29(27,28)23(4)13-16-5-7-17(8-6-16)21(26)22-3/h5-10,12,14H,11,13H2,1-4H3,(H,22,26). The van der Waals surface area contributed by atoms with Crippen LogP contribution in [-0.2, 0) is 27.8 Å². The van der Waals surface area contributed by atoms with E-state index >= 15 is 0 Å². The third-order valence-corrected chi connectivity index (χ3v) is 6.96. The number of nitrogens with one attached hydrogen (secondary N) is 1. The molecule has 0 saturated carbocycles. The van der Waals surface area contributed by atoms with Crippen molar-refractivity contribution in [3.05, 3.63) is 59.2 Å². The maximum absolute atomic E-state index is 13.0. The lowest BCUT2D eigenvalue weighted by Gasteiger charge is -2.21. The maximum atomic E-state index is 13.0. The lowest BCUT2D eigenvalue weighted by atomic mass is 10.1. The van der Waals surface area contributed by atoms with Crippen molar-refractivity contribution in [3.63, 3.8) is 0 Å². The lowest BCUT2D eigenvalue weighted by Crippen LogP contribution is -2.33. The van der Waals surface area contributed by atoms with E-state index < -0.39 is 10.0 Å². The Bertz CT molecular complexity index is 1050. The van der Waals surface area contributed by atoms with Crippen molar-refractivity contribution in [3.8, 4) is 0 Å². The number of benzene rings is 2. The summed E-state index contributed by atoms with van der Waals surface area (Å²) in [5.74, 6) is -0.242. The zero-order chi connectivity index (χ0) is 21.3. The minimum Gasteiger partial charge on any atom is -0.355 e. The van der Waals surface area contributed by atoms with Crippen LogP contribution in [0, 0.1) is 0 Å². The fourth-order valence-electron chi connectivity index (χ4n) is 3.68. The molecule has 7 nitrogen and oxygen atoms in total. The fraction of sp³-hybridized carbons (Fsp3) is 0.333. The molecule has 1 atom stereocenters. The zero-order valence-electron chi connectivity index (χ0n) is 17.0. The van der Waals surface area contributed by atoms with Crippen molar-refractivity contribution in [1.82, 2.24) is 9.62 Å². The summed E-state index contributed by atoms with van der Waals surface area (Å²) >= 11 is 0. The van der Waals surface area contributed by atoms with E-state index in [-0.39, 0.29) is 29.3 Å². The summed E-state index contributed by atoms with van der Waals surface area (Å²) in [6.07, 6.45) is 0.628. The second-order valence-corrected chi connectivity index (χ2v) is 9.31. The number of carbonyl (C=O) groups is 2. The summed E-state index contributed by atoms with van der Waals surface area (Å²) in [6, 6.07) is 11.7. The number of anilines is 1. The molecular weight excluding hydrogens is 390 g/mol. The Morgan fingerprint density at radius 1 is 1.17 bits per heavy atom. The average molecular weight is 416 g/mol. The van der Waals surface area contributed by atoms with Crippen LogP contribution in [0.4, 0.5) is 5.69 Å². The maximum Gasteiger partial charge on any atom is 0.251 e. The average Bonchev–Trinajstić information content (AvgIpc) is 3.02. The highest BCUT2D eigenvalue weighted by Gasteiger charge is 2.31. The predicted molar refractivity (Wildman–Crippen MR) is 111 cm³/mol. The molecule has 2 aromatic carbocycles. The topological polar surface area (TPSA) is 86.8 Å². The number of sulfonamides is 1. The van der Waals surface area contributed by atoms with E-state index in [1.165, 1.54) is 18.3 Å². The highest BCUT2D eigenvalue weighted by atomic mass is 32.2. The molecule has 0 aliphatic carbocycles. The molecule has 1 N–H and O–H groups in total. The van der Waals surface area contributed by atoms with E-state index in [9.17, 15) is 18.0 Å². The molecule has 154 valence electrons. The van der Waals surface area contributed by atoms with Crippen LogP contribution in [0.15, 0.2) is 47.4 Å². The van der Waals surface area contributed by atoms with Crippen LogP contribution in [0.5, 0.6) is 0 Å².